The molecule has 2 N–H and O–H groups in total. The van der Waals surface area contributed by atoms with Gasteiger partial charge in [-0.05, 0) is 56.4 Å². The zero-order valence-electron chi connectivity index (χ0n) is 15.4. The van der Waals surface area contributed by atoms with Crippen LogP contribution in [0, 0.1) is 0 Å². The third-order valence-corrected chi connectivity index (χ3v) is 4.58. The summed E-state index contributed by atoms with van der Waals surface area (Å²) in [7, 11) is 1.75. The van der Waals surface area contributed by atoms with E-state index in [0.29, 0.717) is 23.3 Å². The lowest BCUT2D eigenvalue weighted by Gasteiger charge is -2.14. The van der Waals surface area contributed by atoms with Crippen LogP contribution in [0.15, 0.2) is 45.4 Å². The second kappa shape index (κ2) is 11.3. The van der Waals surface area contributed by atoms with Crippen molar-refractivity contribution in [3.05, 3.63) is 46.8 Å². The van der Waals surface area contributed by atoms with Crippen molar-refractivity contribution in [2.75, 3.05) is 13.6 Å². The van der Waals surface area contributed by atoms with Gasteiger partial charge in [-0.2, -0.15) is 4.98 Å². The van der Waals surface area contributed by atoms with Crippen LogP contribution in [0.3, 0.4) is 0 Å². The van der Waals surface area contributed by atoms with Crippen molar-refractivity contribution in [1.82, 2.24) is 20.8 Å². The third-order valence-electron chi connectivity index (χ3n) is 4.32. The Kier molecular flexibility index (Phi) is 9.06. The summed E-state index contributed by atoms with van der Waals surface area (Å²) in [6.07, 6.45) is 8.51. The molecule has 2 aromatic rings. The van der Waals surface area contributed by atoms with Crippen molar-refractivity contribution < 1.29 is 4.52 Å². The predicted octanol–water partition coefficient (Wildman–Crippen LogP) is 4.56. The Balaban J connectivity index is 0.00000261. The monoisotopic (exact) mass is 501 g/mol. The van der Waals surface area contributed by atoms with E-state index in [9.17, 15) is 0 Å². The number of nitrogens with zero attached hydrogens (tertiary/aromatic N) is 3. The molecule has 0 atom stereocenters. The number of benzene rings is 1. The Bertz CT molecular complexity index is 773. The molecule has 0 amide bonds. The van der Waals surface area contributed by atoms with Gasteiger partial charge < -0.3 is 15.2 Å². The first-order valence-corrected chi connectivity index (χ1v) is 9.33. The lowest BCUT2D eigenvalue weighted by atomic mass is 9.97. The van der Waals surface area contributed by atoms with E-state index in [0.717, 1.165) is 24.5 Å². The molecule has 0 saturated carbocycles. The number of aliphatic imine (C=N–C) groups is 1. The largest absolute Gasteiger partial charge is 0.356 e. The molecule has 6 nitrogen and oxygen atoms in total. The summed E-state index contributed by atoms with van der Waals surface area (Å²) in [5, 5.41) is 11.2. The highest BCUT2D eigenvalue weighted by Gasteiger charge is 2.09. The molecular weight excluding hydrogens is 477 g/mol. The smallest absolute Gasteiger partial charge is 0.246 e. The molecule has 0 saturated heterocycles. The van der Waals surface area contributed by atoms with Crippen molar-refractivity contribution >= 4 is 41.5 Å². The van der Waals surface area contributed by atoms with E-state index in [1.165, 1.54) is 25.7 Å². The van der Waals surface area contributed by atoms with Gasteiger partial charge in [0.2, 0.25) is 11.7 Å². The Morgan fingerprint density at radius 2 is 2.04 bits per heavy atom. The third kappa shape index (κ3) is 6.80. The van der Waals surface area contributed by atoms with E-state index in [4.69, 9.17) is 16.1 Å². The molecular formula is C19H25ClIN5O. The SMILES string of the molecule is CN=C(NCCC1=CCCCC1)NCc1nc(-c2ccc(Cl)cc2)no1.I. The van der Waals surface area contributed by atoms with Crippen LogP contribution in [0.25, 0.3) is 11.4 Å². The van der Waals surface area contributed by atoms with Gasteiger partial charge in [-0.25, -0.2) is 0 Å². The van der Waals surface area contributed by atoms with E-state index < -0.39 is 0 Å². The van der Waals surface area contributed by atoms with E-state index in [2.05, 4.69) is 31.8 Å². The van der Waals surface area contributed by atoms with Gasteiger partial charge >= 0.3 is 0 Å². The lowest BCUT2D eigenvalue weighted by molar-refractivity contribution is 0.375. The second-order valence-corrected chi connectivity index (χ2v) is 6.67. The molecule has 1 aromatic carbocycles. The molecule has 1 aliphatic carbocycles. The van der Waals surface area contributed by atoms with Crippen LogP contribution in [0.4, 0.5) is 0 Å². The van der Waals surface area contributed by atoms with Crippen molar-refractivity contribution in [2.45, 2.75) is 38.6 Å². The molecule has 0 bridgehead atoms. The zero-order chi connectivity index (χ0) is 18.2. The number of aromatic nitrogens is 2. The molecule has 27 heavy (non-hydrogen) atoms. The van der Waals surface area contributed by atoms with E-state index >= 15 is 0 Å². The van der Waals surface area contributed by atoms with Crippen LogP contribution < -0.4 is 10.6 Å². The number of hydrogen-bond donors (Lipinski definition) is 2. The van der Waals surface area contributed by atoms with Crippen LogP contribution in [-0.2, 0) is 6.54 Å². The van der Waals surface area contributed by atoms with E-state index in [1.54, 1.807) is 24.8 Å². The van der Waals surface area contributed by atoms with Crippen molar-refractivity contribution in [3.8, 4) is 11.4 Å². The Morgan fingerprint density at radius 1 is 1.22 bits per heavy atom. The molecule has 146 valence electrons. The number of rotatable bonds is 6. The van der Waals surface area contributed by atoms with Crippen LogP contribution in [0.2, 0.25) is 5.02 Å². The van der Waals surface area contributed by atoms with Crippen molar-refractivity contribution in [2.24, 2.45) is 4.99 Å². The molecule has 0 aliphatic heterocycles. The number of allylic oxidation sites excluding steroid dienone is 1. The molecule has 0 unspecified atom stereocenters. The maximum absolute atomic E-state index is 5.90. The first-order valence-electron chi connectivity index (χ1n) is 8.95. The van der Waals surface area contributed by atoms with Crippen molar-refractivity contribution in [3.63, 3.8) is 0 Å². The second-order valence-electron chi connectivity index (χ2n) is 6.23. The van der Waals surface area contributed by atoms with E-state index in [-0.39, 0.29) is 24.0 Å². The normalized spacial score (nSPS) is 14.3. The van der Waals surface area contributed by atoms with E-state index in [1.807, 2.05) is 12.1 Å². The van der Waals surface area contributed by atoms with Crippen LogP contribution in [0.5, 0.6) is 0 Å². The average molecular weight is 502 g/mol. The molecule has 0 spiro atoms. The molecule has 0 radical (unpaired) electrons. The fraction of sp³-hybridized carbons (Fsp3) is 0.421. The summed E-state index contributed by atoms with van der Waals surface area (Å²) in [6.45, 7) is 1.29. The first-order chi connectivity index (χ1) is 12.7. The van der Waals surface area contributed by atoms with Gasteiger partial charge in [0.25, 0.3) is 0 Å². The fourth-order valence-electron chi connectivity index (χ4n) is 2.90. The van der Waals surface area contributed by atoms with Crippen molar-refractivity contribution in [1.29, 1.82) is 0 Å². The average Bonchev–Trinajstić information content (AvgIpc) is 3.15. The highest BCUT2D eigenvalue weighted by atomic mass is 127. The minimum atomic E-state index is 0. The summed E-state index contributed by atoms with van der Waals surface area (Å²) in [4.78, 5) is 8.63. The van der Waals surface area contributed by atoms with Crippen LogP contribution in [0.1, 0.15) is 38.0 Å². The minimum absolute atomic E-state index is 0. The van der Waals surface area contributed by atoms with Gasteiger partial charge in [-0.3, -0.25) is 4.99 Å². The Morgan fingerprint density at radius 3 is 2.74 bits per heavy atom. The zero-order valence-corrected chi connectivity index (χ0v) is 18.5. The predicted molar refractivity (Wildman–Crippen MR) is 120 cm³/mol. The highest BCUT2D eigenvalue weighted by Crippen LogP contribution is 2.20. The summed E-state index contributed by atoms with van der Waals surface area (Å²) < 4.78 is 5.30. The Hall–Kier alpha value is -1.61. The molecule has 1 aliphatic rings. The van der Waals surface area contributed by atoms with Gasteiger partial charge in [0, 0.05) is 24.2 Å². The first kappa shape index (κ1) is 21.7. The molecule has 1 aromatic heterocycles. The molecule has 0 fully saturated rings. The van der Waals surface area contributed by atoms with Gasteiger partial charge in [-0.15, -0.1) is 24.0 Å². The summed E-state index contributed by atoms with van der Waals surface area (Å²) >= 11 is 5.90. The molecule has 1 heterocycles. The summed E-state index contributed by atoms with van der Waals surface area (Å²) in [6, 6.07) is 7.34. The van der Waals surface area contributed by atoms with Gasteiger partial charge in [0.05, 0.1) is 6.54 Å². The van der Waals surface area contributed by atoms with Gasteiger partial charge in [0.1, 0.15) is 0 Å². The molecule has 3 rings (SSSR count). The lowest BCUT2D eigenvalue weighted by Crippen LogP contribution is -2.37. The number of halogens is 2. The highest BCUT2D eigenvalue weighted by molar-refractivity contribution is 14.0. The maximum Gasteiger partial charge on any atom is 0.246 e. The topological polar surface area (TPSA) is 75.3 Å². The number of guanidine groups is 1. The van der Waals surface area contributed by atoms with Crippen LogP contribution in [-0.4, -0.2) is 29.7 Å². The summed E-state index contributed by atoms with van der Waals surface area (Å²) in [5.74, 6) is 1.78. The number of hydrogen-bond acceptors (Lipinski definition) is 4. The van der Waals surface area contributed by atoms with Gasteiger partial charge in [0.15, 0.2) is 5.96 Å². The summed E-state index contributed by atoms with van der Waals surface area (Å²) in [5.41, 5.74) is 2.41. The molecule has 8 heteroatoms. The minimum Gasteiger partial charge on any atom is -0.356 e. The Labute approximate surface area is 181 Å². The maximum atomic E-state index is 5.90. The quantitative estimate of drug-likeness (QED) is 0.263. The fourth-order valence-corrected chi connectivity index (χ4v) is 3.02. The standard InChI is InChI=1S/C19H24ClN5O.HI/c1-21-19(22-12-11-14-5-3-2-4-6-14)23-13-17-24-18(25-26-17)15-7-9-16(20)10-8-15;/h5,7-10H,2-4,6,11-13H2,1H3,(H2,21,22,23);1H. The van der Waals surface area contributed by atoms with Gasteiger partial charge in [-0.1, -0.05) is 28.4 Å². The number of nitrogens with one attached hydrogen (secondary N) is 2. The van der Waals surface area contributed by atoms with Crippen LogP contribution >= 0.6 is 35.6 Å².